The molecule has 17 heavy (non-hydrogen) atoms. The van der Waals surface area contributed by atoms with Crippen LogP contribution in [0.25, 0.3) is 0 Å². The van der Waals surface area contributed by atoms with Crippen molar-refractivity contribution in [3.05, 3.63) is 53.2 Å². The first-order valence-electron chi connectivity index (χ1n) is 5.35. The van der Waals surface area contributed by atoms with Gasteiger partial charge in [-0.15, -0.1) is 0 Å². The van der Waals surface area contributed by atoms with E-state index in [1.165, 1.54) is 0 Å². The Kier molecular flexibility index (Phi) is 3.61. The first-order chi connectivity index (χ1) is 8.20. The fourth-order valence-corrected chi connectivity index (χ4v) is 1.67. The number of nitrogens with two attached hydrogens (primary N) is 1. The van der Waals surface area contributed by atoms with Crippen molar-refractivity contribution in [3.63, 3.8) is 0 Å². The number of hydrogen-bond acceptors (Lipinski definition) is 3. The van der Waals surface area contributed by atoms with Gasteiger partial charge in [0.2, 0.25) is 0 Å². The van der Waals surface area contributed by atoms with Gasteiger partial charge in [0, 0.05) is 25.5 Å². The Morgan fingerprint density at radius 1 is 1.18 bits per heavy atom. The summed E-state index contributed by atoms with van der Waals surface area (Å²) >= 11 is 5.81. The molecule has 3 nitrogen and oxygen atoms in total. The lowest BCUT2D eigenvalue weighted by Gasteiger charge is -2.18. The van der Waals surface area contributed by atoms with E-state index in [1.54, 1.807) is 6.20 Å². The third-order valence-electron chi connectivity index (χ3n) is 2.61. The number of rotatable bonds is 3. The molecule has 0 bridgehead atoms. The number of aromatic nitrogens is 1. The molecule has 4 heteroatoms. The molecule has 0 unspecified atom stereocenters. The molecule has 2 aromatic rings. The average molecular weight is 248 g/mol. The summed E-state index contributed by atoms with van der Waals surface area (Å²) in [6, 6.07) is 11.8. The molecule has 2 N–H and O–H groups in total. The molecule has 1 aromatic heterocycles. The van der Waals surface area contributed by atoms with E-state index < -0.39 is 0 Å². The van der Waals surface area contributed by atoms with E-state index in [0.717, 1.165) is 17.1 Å². The fraction of sp³-hybridized carbons (Fsp3) is 0.154. The fourth-order valence-electron chi connectivity index (χ4n) is 1.55. The van der Waals surface area contributed by atoms with Crippen LogP contribution >= 0.6 is 11.6 Å². The molecular formula is C13H14ClN3. The molecule has 0 spiro atoms. The number of hydrogen-bond donors (Lipinski definition) is 1. The third kappa shape index (κ3) is 2.75. The van der Waals surface area contributed by atoms with Crippen molar-refractivity contribution in [2.45, 2.75) is 6.54 Å². The maximum Gasteiger partial charge on any atom is 0.132 e. The molecule has 1 heterocycles. The molecular weight excluding hydrogens is 234 g/mol. The van der Waals surface area contributed by atoms with E-state index in [0.29, 0.717) is 11.6 Å². The van der Waals surface area contributed by atoms with Gasteiger partial charge in [-0.1, -0.05) is 23.7 Å². The van der Waals surface area contributed by atoms with Gasteiger partial charge in [0.15, 0.2) is 0 Å². The van der Waals surface area contributed by atoms with Gasteiger partial charge in [0.25, 0.3) is 0 Å². The van der Waals surface area contributed by atoms with Gasteiger partial charge in [-0.25, -0.2) is 4.98 Å². The molecule has 2 rings (SSSR count). The van der Waals surface area contributed by atoms with Crippen LogP contribution in [0, 0.1) is 0 Å². The van der Waals surface area contributed by atoms with Gasteiger partial charge in [0.1, 0.15) is 5.82 Å². The zero-order chi connectivity index (χ0) is 12.3. The van der Waals surface area contributed by atoms with Crippen molar-refractivity contribution < 1.29 is 0 Å². The van der Waals surface area contributed by atoms with Gasteiger partial charge in [-0.2, -0.15) is 0 Å². The van der Waals surface area contributed by atoms with Crippen LogP contribution in [0.1, 0.15) is 5.56 Å². The molecule has 0 fully saturated rings. The lowest BCUT2D eigenvalue weighted by molar-refractivity contribution is 1.06. The summed E-state index contributed by atoms with van der Waals surface area (Å²) in [7, 11) is 1.97. The van der Waals surface area contributed by atoms with E-state index in [-0.39, 0.29) is 0 Å². The van der Waals surface area contributed by atoms with E-state index in [9.17, 15) is 0 Å². The lowest BCUT2D eigenvalue weighted by atomic mass is 10.2. The number of anilines is 2. The van der Waals surface area contributed by atoms with Crippen molar-refractivity contribution in [2.75, 3.05) is 11.9 Å². The Hall–Kier alpha value is -1.58. The summed E-state index contributed by atoms with van der Waals surface area (Å²) in [5.41, 5.74) is 7.75. The number of halogens is 1. The molecule has 0 amide bonds. The summed E-state index contributed by atoms with van der Waals surface area (Å²) < 4.78 is 0. The van der Waals surface area contributed by atoms with Crippen LogP contribution in [0.15, 0.2) is 42.6 Å². The Morgan fingerprint density at radius 3 is 2.41 bits per heavy atom. The standard InChI is InChI=1S/C13H14ClN3/c1-17(13-7-4-11(14)9-16-13)12-5-2-10(8-15)3-6-12/h2-7,9H,8,15H2,1H3. The molecule has 88 valence electrons. The minimum absolute atomic E-state index is 0.559. The van der Waals surface area contributed by atoms with Crippen LogP contribution in [-0.4, -0.2) is 12.0 Å². The van der Waals surface area contributed by atoms with Gasteiger partial charge in [-0.3, -0.25) is 0 Å². The van der Waals surface area contributed by atoms with E-state index in [1.807, 2.05) is 48.3 Å². The van der Waals surface area contributed by atoms with Crippen LogP contribution in [-0.2, 0) is 6.54 Å². The normalized spacial score (nSPS) is 10.3. The van der Waals surface area contributed by atoms with E-state index in [2.05, 4.69) is 4.98 Å². The van der Waals surface area contributed by atoms with Crippen LogP contribution in [0.2, 0.25) is 5.02 Å². The molecule has 1 aromatic carbocycles. The van der Waals surface area contributed by atoms with Crippen LogP contribution in [0.4, 0.5) is 11.5 Å². The Balaban J connectivity index is 2.23. The molecule has 0 atom stereocenters. The molecule has 0 aliphatic carbocycles. The topological polar surface area (TPSA) is 42.1 Å². The summed E-state index contributed by atoms with van der Waals surface area (Å²) in [4.78, 5) is 6.26. The smallest absolute Gasteiger partial charge is 0.132 e. The highest BCUT2D eigenvalue weighted by Crippen LogP contribution is 2.22. The minimum atomic E-state index is 0.559. The Labute approximate surface area is 106 Å². The molecule has 0 aliphatic rings. The quantitative estimate of drug-likeness (QED) is 0.907. The van der Waals surface area contributed by atoms with Gasteiger partial charge in [0.05, 0.1) is 5.02 Å². The van der Waals surface area contributed by atoms with E-state index in [4.69, 9.17) is 17.3 Å². The van der Waals surface area contributed by atoms with Gasteiger partial charge >= 0.3 is 0 Å². The highest BCUT2D eigenvalue weighted by atomic mass is 35.5. The van der Waals surface area contributed by atoms with Crippen LogP contribution in [0.3, 0.4) is 0 Å². The zero-order valence-corrected chi connectivity index (χ0v) is 10.4. The van der Waals surface area contributed by atoms with Crippen molar-refractivity contribution >= 4 is 23.1 Å². The molecule has 0 radical (unpaired) electrons. The Bertz CT molecular complexity index is 479. The minimum Gasteiger partial charge on any atom is -0.329 e. The first kappa shape index (κ1) is 11.9. The maximum atomic E-state index is 5.81. The maximum absolute atomic E-state index is 5.81. The van der Waals surface area contributed by atoms with Crippen molar-refractivity contribution in [2.24, 2.45) is 5.73 Å². The van der Waals surface area contributed by atoms with Crippen LogP contribution < -0.4 is 10.6 Å². The molecule has 0 aliphatic heterocycles. The predicted molar refractivity (Wildman–Crippen MR) is 71.6 cm³/mol. The second-order valence-electron chi connectivity index (χ2n) is 3.76. The highest BCUT2D eigenvalue weighted by Gasteiger charge is 2.04. The molecule has 0 saturated carbocycles. The van der Waals surface area contributed by atoms with Crippen molar-refractivity contribution in [1.29, 1.82) is 0 Å². The number of benzene rings is 1. The second kappa shape index (κ2) is 5.17. The number of nitrogens with zero attached hydrogens (tertiary/aromatic N) is 2. The zero-order valence-electron chi connectivity index (χ0n) is 9.60. The van der Waals surface area contributed by atoms with Crippen molar-refractivity contribution in [3.8, 4) is 0 Å². The summed E-state index contributed by atoms with van der Waals surface area (Å²) in [6.45, 7) is 0.559. The van der Waals surface area contributed by atoms with Crippen LogP contribution in [0.5, 0.6) is 0 Å². The number of pyridine rings is 1. The highest BCUT2D eigenvalue weighted by molar-refractivity contribution is 6.30. The third-order valence-corrected chi connectivity index (χ3v) is 2.84. The van der Waals surface area contributed by atoms with E-state index >= 15 is 0 Å². The predicted octanol–water partition coefficient (Wildman–Crippen LogP) is 2.96. The summed E-state index contributed by atoms with van der Waals surface area (Å²) in [5, 5.41) is 0.639. The summed E-state index contributed by atoms with van der Waals surface area (Å²) in [6.07, 6.45) is 1.64. The summed E-state index contributed by atoms with van der Waals surface area (Å²) in [5.74, 6) is 0.856. The average Bonchev–Trinajstić information content (AvgIpc) is 2.39. The van der Waals surface area contributed by atoms with Gasteiger partial charge < -0.3 is 10.6 Å². The second-order valence-corrected chi connectivity index (χ2v) is 4.20. The van der Waals surface area contributed by atoms with Gasteiger partial charge in [-0.05, 0) is 29.8 Å². The Morgan fingerprint density at radius 2 is 1.88 bits per heavy atom. The monoisotopic (exact) mass is 247 g/mol. The largest absolute Gasteiger partial charge is 0.329 e. The van der Waals surface area contributed by atoms with Crippen molar-refractivity contribution in [1.82, 2.24) is 4.98 Å². The molecule has 0 saturated heterocycles. The first-order valence-corrected chi connectivity index (χ1v) is 5.73. The lowest BCUT2D eigenvalue weighted by Crippen LogP contribution is -2.11. The SMILES string of the molecule is CN(c1ccc(CN)cc1)c1ccc(Cl)cn1.